The van der Waals surface area contributed by atoms with Crippen molar-refractivity contribution in [2.75, 3.05) is 4.72 Å². The van der Waals surface area contributed by atoms with Crippen molar-refractivity contribution in [3.8, 4) is 9.88 Å². The average molecular weight is 595 g/mol. The number of hydrogen-bond donors (Lipinski definition) is 4. The maximum Gasteiger partial charge on any atom is 0.408 e. The van der Waals surface area contributed by atoms with E-state index in [-0.39, 0.29) is 17.5 Å². The first-order valence-electron chi connectivity index (χ1n) is 12.3. The highest BCUT2D eigenvalue weighted by atomic mass is 32.2. The number of thiophene rings is 1. The van der Waals surface area contributed by atoms with Crippen LogP contribution in [0, 0.1) is 5.92 Å². The summed E-state index contributed by atoms with van der Waals surface area (Å²) in [5, 5.41) is 10.5. The van der Waals surface area contributed by atoms with Gasteiger partial charge in [0, 0.05) is 5.38 Å². The Morgan fingerprint density at radius 2 is 1.77 bits per heavy atom. The molecule has 2 amide bonds. The number of anilines is 1. The third-order valence-corrected chi connectivity index (χ3v) is 7.68. The second kappa shape index (κ2) is 12.9. The predicted octanol–water partition coefficient (Wildman–Crippen LogP) is 5.43. The third kappa shape index (κ3) is 10.2. The van der Waals surface area contributed by atoms with Gasteiger partial charge in [-0.3, -0.25) is 14.1 Å². The Kier molecular flexibility index (Phi) is 10.1. The van der Waals surface area contributed by atoms with E-state index in [0.717, 1.165) is 15.4 Å². The van der Waals surface area contributed by atoms with Gasteiger partial charge in [-0.05, 0) is 68.7 Å². The molecule has 212 valence electrons. The van der Waals surface area contributed by atoms with Crippen LogP contribution < -0.4 is 15.4 Å². The van der Waals surface area contributed by atoms with Crippen molar-refractivity contribution in [1.82, 2.24) is 15.6 Å². The van der Waals surface area contributed by atoms with Gasteiger partial charge in [-0.1, -0.05) is 32.0 Å². The highest BCUT2D eigenvalue weighted by Crippen LogP contribution is 2.31. The Morgan fingerprint density at radius 1 is 1.08 bits per heavy atom. The van der Waals surface area contributed by atoms with Crippen LogP contribution in [0.4, 0.5) is 10.5 Å². The van der Waals surface area contributed by atoms with Crippen LogP contribution in [-0.4, -0.2) is 41.6 Å². The molecule has 2 aromatic heterocycles. The number of nitrogens with zero attached hydrogens (tertiary/aromatic N) is 1. The number of thiazole rings is 1. The molecule has 3 rings (SSSR count). The number of amides is 2. The second-order valence-corrected chi connectivity index (χ2v) is 13.4. The van der Waals surface area contributed by atoms with Gasteiger partial charge in [-0.25, -0.2) is 9.78 Å². The van der Waals surface area contributed by atoms with Crippen molar-refractivity contribution in [3.63, 3.8) is 0 Å². The van der Waals surface area contributed by atoms with Gasteiger partial charge in [0.05, 0.1) is 22.3 Å². The minimum atomic E-state index is -4.39. The Morgan fingerprint density at radius 3 is 2.33 bits per heavy atom. The highest BCUT2D eigenvalue weighted by molar-refractivity contribution is 7.87. The molecule has 4 N–H and O–H groups in total. The predicted molar refractivity (Wildman–Crippen MR) is 154 cm³/mol. The lowest BCUT2D eigenvalue weighted by Crippen LogP contribution is -2.49. The molecule has 0 unspecified atom stereocenters. The molecule has 0 spiro atoms. The van der Waals surface area contributed by atoms with Crippen LogP contribution in [-0.2, 0) is 26.3 Å². The van der Waals surface area contributed by atoms with Gasteiger partial charge in [0.15, 0.2) is 0 Å². The number of rotatable bonds is 11. The molecule has 0 bridgehead atoms. The number of carbonyl (C=O) groups excluding carboxylic acids is 2. The zero-order valence-corrected chi connectivity index (χ0v) is 24.9. The highest BCUT2D eigenvalue weighted by Gasteiger charge is 2.28. The molecule has 0 saturated carbocycles. The minimum Gasteiger partial charge on any atom is -0.444 e. The van der Waals surface area contributed by atoms with Crippen LogP contribution in [0.5, 0.6) is 0 Å². The molecule has 3 aromatic rings. The third-order valence-electron chi connectivity index (χ3n) is 5.28. The quantitative estimate of drug-likeness (QED) is 0.217. The molecule has 0 aliphatic heterocycles. The first-order chi connectivity index (χ1) is 18.2. The van der Waals surface area contributed by atoms with Gasteiger partial charge >= 0.3 is 16.4 Å². The van der Waals surface area contributed by atoms with Gasteiger partial charge in [0.1, 0.15) is 16.7 Å². The van der Waals surface area contributed by atoms with Crippen LogP contribution in [0.1, 0.15) is 58.3 Å². The van der Waals surface area contributed by atoms with E-state index in [1.807, 2.05) is 41.5 Å². The fraction of sp³-hybridized carbons (Fsp3) is 0.423. The van der Waals surface area contributed by atoms with Gasteiger partial charge in [-0.2, -0.15) is 8.42 Å². The van der Waals surface area contributed by atoms with E-state index in [4.69, 9.17) is 14.3 Å². The zero-order chi connectivity index (χ0) is 28.8. The lowest BCUT2D eigenvalue weighted by atomic mass is 10.0. The standard InChI is InChI=1S/C26H34N4O6S3/c1-16(2)13-20(29-25(32)36-26(3,4)5)23(31)27-19(21-15-38-24(28-21)22-7-6-12-37-22)14-17-8-10-18(11-9-17)30-39(33,34)35/h6-12,15-16,19-20,30H,13-14H2,1-5H3,(H,27,31)(H,29,32)(H,33,34,35)/t19-,20-/m0/s1. The number of alkyl carbamates (subject to hydrolysis) is 1. The molecule has 39 heavy (non-hydrogen) atoms. The lowest BCUT2D eigenvalue weighted by Gasteiger charge is -2.26. The molecule has 13 heteroatoms. The summed E-state index contributed by atoms with van der Waals surface area (Å²) in [5.74, 6) is -0.239. The van der Waals surface area contributed by atoms with Crippen molar-refractivity contribution in [2.24, 2.45) is 5.92 Å². The number of ether oxygens (including phenoxy) is 1. The normalized spacial score (nSPS) is 13.5. The summed E-state index contributed by atoms with van der Waals surface area (Å²) in [4.78, 5) is 31.8. The Hall–Kier alpha value is -3.00. The molecular weight excluding hydrogens is 561 g/mol. The molecular formula is C26H34N4O6S3. The summed E-state index contributed by atoms with van der Waals surface area (Å²) in [6, 6.07) is 9.01. The number of carbonyl (C=O) groups is 2. The molecule has 2 atom stereocenters. The fourth-order valence-electron chi connectivity index (χ4n) is 3.71. The summed E-state index contributed by atoms with van der Waals surface area (Å²) >= 11 is 3.04. The second-order valence-electron chi connectivity index (χ2n) is 10.4. The summed E-state index contributed by atoms with van der Waals surface area (Å²) in [7, 11) is -4.39. The van der Waals surface area contributed by atoms with E-state index < -0.39 is 34.1 Å². The molecule has 0 aliphatic rings. The van der Waals surface area contributed by atoms with E-state index in [0.29, 0.717) is 18.5 Å². The van der Waals surface area contributed by atoms with E-state index in [9.17, 15) is 18.0 Å². The van der Waals surface area contributed by atoms with Gasteiger partial charge in [0.2, 0.25) is 5.91 Å². The van der Waals surface area contributed by atoms with E-state index in [1.165, 1.54) is 23.5 Å². The molecule has 10 nitrogen and oxygen atoms in total. The zero-order valence-electron chi connectivity index (χ0n) is 22.4. The summed E-state index contributed by atoms with van der Waals surface area (Å²) in [6.07, 6.45) is 0.0906. The number of aromatic nitrogens is 1. The summed E-state index contributed by atoms with van der Waals surface area (Å²) < 4.78 is 38.6. The lowest BCUT2D eigenvalue weighted by molar-refractivity contribution is -0.124. The molecule has 0 radical (unpaired) electrons. The first kappa shape index (κ1) is 30.5. The number of nitrogens with one attached hydrogen (secondary N) is 3. The average Bonchev–Trinajstić information content (AvgIpc) is 3.49. The SMILES string of the molecule is CC(C)C[C@H](NC(=O)OC(C)(C)C)C(=O)N[C@@H](Cc1ccc(NS(=O)(=O)O)cc1)c1csc(-c2cccs2)n1. The maximum atomic E-state index is 13.5. The van der Waals surface area contributed by atoms with Crippen LogP contribution in [0.2, 0.25) is 0 Å². The van der Waals surface area contributed by atoms with E-state index in [1.54, 1.807) is 44.2 Å². The van der Waals surface area contributed by atoms with Crippen LogP contribution >= 0.6 is 22.7 Å². The molecule has 2 heterocycles. The van der Waals surface area contributed by atoms with Crippen molar-refractivity contribution >= 4 is 50.7 Å². The minimum absolute atomic E-state index is 0.127. The monoisotopic (exact) mass is 594 g/mol. The van der Waals surface area contributed by atoms with Gasteiger partial charge in [-0.15, -0.1) is 22.7 Å². The maximum absolute atomic E-state index is 13.5. The topological polar surface area (TPSA) is 147 Å². The molecule has 0 fully saturated rings. The molecule has 0 saturated heterocycles. The molecule has 1 aromatic carbocycles. The van der Waals surface area contributed by atoms with Crippen LogP contribution in [0.3, 0.4) is 0 Å². The van der Waals surface area contributed by atoms with Crippen molar-refractivity contribution < 1.29 is 27.3 Å². The van der Waals surface area contributed by atoms with Crippen LogP contribution in [0.15, 0.2) is 47.2 Å². The smallest absolute Gasteiger partial charge is 0.408 e. The van der Waals surface area contributed by atoms with Crippen molar-refractivity contribution in [2.45, 2.75) is 65.1 Å². The Bertz CT molecular complexity index is 1350. The largest absolute Gasteiger partial charge is 0.444 e. The summed E-state index contributed by atoms with van der Waals surface area (Å²) in [6.45, 7) is 9.19. The Labute approximate surface area is 237 Å². The van der Waals surface area contributed by atoms with Crippen molar-refractivity contribution in [3.05, 3.63) is 58.4 Å². The first-order valence-corrected chi connectivity index (χ1v) is 15.5. The summed E-state index contributed by atoms with van der Waals surface area (Å²) in [5.41, 5.74) is 0.958. The molecule has 0 aliphatic carbocycles. The van der Waals surface area contributed by atoms with E-state index >= 15 is 0 Å². The number of benzene rings is 1. The fourth-order valence-corrected chi connectivity index (χ4v) is 5.83. The Balaban J connectivity index is 1.85. The van der Waals surface area contributed by atoms with Crippen molar-refractivity contribution in [1.29, 1.82) is 0 Å². The van der Waals surface area contributed by atoms with Gasteiger partial charge < -0.3 is 15.4 Å². The van der Waals surface area contributed by atoms with Crippen LogP contribution in [0.25, 0.3) is 9.88 Å². The number of hydrogen-bond acceptors (Lipinski definition) is 8. The van der Waals surface area contributed by atoms with Gasteiger partial charge in [0.25, 0.3) is 0 Å². The van der Waals surface area contributed by atoms with E-state index in [2.05, 4.69) is 10.6 Å².